The van der Waals surface area contributed by atoms with E-state index in [0.717, 1.165) is 44.7 Å². The zero-order chi connectivity index (χ0) is 11.4. The number of rotatable bonds is 2. The quantitative estimate of drug-likeness (QED) is 0.394. The van der Waals surface area contributed by atoms with Crippen LogP contribution in [0.3, 0.4) is 0 Å². The van der Waals surface area contributed by atoms with Crippen molar-refractivity contribution in [1.82, 2.24) is 5.32 Å². The fourth-order valence-electron chi connectivity index (χ4n) is 2.65. The molecule has 92 valence electrons. The van der Waals surface area contributed by atoms with Crippen molar-refractivity contribution in [3.8, 4) is 0 Å². The van der Waals surface area contributed by atoms with Gasteiger partial charge in [-0.25, -0.2) is 0 Å². The zero-order valence-corrected chi connectivity index (χ0v) is 10.8. The Hall–Kier alpha value is 0.01000. The highest BCUT2D eigenvalue weighted by Gasteiger charge is 2.28. The Morgan fingerprint density at radius 3 is 2.06 bits per heavy atom. The first-order valence-corrected chi connectivity index (χ1v) is 6.94. The molecule has 2 fully saturated rings. The lowest BCUT2D eigenvalue weighted by Gasteiger charge is -2.31. The summed E-state index contributed by atoms with van der Waals surface area (Å²) in [6.07, 6.45) is 11.2. The van der Waals surface area contributed by atoms with Crippen LogP contribution < -0.4 is 5.32 Å². The Labute approximate surface area is 104 Å². The molecule has 0 aromatic rings. The molecule has 0 aromatic heterocycles. The molecule has 0 bridgehead atoms. The lowest BCUT2D eigenvalue weighted by atomic mass is 9.85. The minimum absolute atomic E-state index is 0.669. The van der Waals surface area contributed by atoms with E-state index in [9.17, 15) is 5.11 Å². The van der Waals surface area contributed by atoms with E-state index in [0.29, 0.717) is 5.92 Å². The molecular weight excluding hydrogens is 218 g/mol. The van der Waals surface area contributed by atoms with Gasteiger partial charge in [0.2, 0.25) is 0 Å². The van der Waals surface area contributed by atoms with E-state index in [1.807, 2.05) is 0 Å². The fourth-order valence-corrected chi connectivity index (χ4v) is 2.90. The largest absolute Gasteiger partial charge is 0.380 e. The van der Waals surface area contributed by atoms with Gasteiger partial charge in [0.1, 0.15) is 4.93 Å². The summed E-state index contributed by atoms with van der Waals surface area (Å²) in [6.45, 7) is 2.33. The third kappa shape index (κ3) is 3.79. The third-order valence-electron chi connectivity index (χ3n) is 3.87. The van der Waals surface area contributed by atoms with Crippen molar-refractivity contribution >= 4 is 12.6 Å². The summed E-state index contributed by atoms with van der Waals surface area (Å²) >= 11 is 4.25. The summed E-state index contributed by atoms with van der Waals surface area (Å²) in [5.41, 5.74) is 0. The van der Waals surface area contributed by atoms with Crippen LogP contribution >= 0.6 is 12.6 Å². The predicted molar refractivity (Wildman–Crippen MR) is 70.6 cm³/mol. The molecule has 16 heavy (non-hydrogen) atoms. The van der Waals surface area contributed by atoms with Crippen LogP contribution in [0.1, 0.15) is 38.5 Å². The van der Waals surface area contributed by atoms with Gasteiger partial charge in [-0.05, 0) is 63.5 Å². The van der Waals surface area contributed by atoms with Crippen LogP contribution in [0.25, 0.3) is 0 Å². The molecule has 1 aliphatic heterocycles. The minimum Gasteiger partial charge on any atom is -0.380 e. The van der Waals surface area contributed by atoms with E-state index in [1.54, 1.807) is 0 Å². The average Bonchev–Trinajstić information content (AvgIpc) is 2.29. The lowest BCUT2D eigenvalue weighted by Crippen LogP contribution is -2.28. The maximum absolute atomic E-state index is 9.74. The lowest BCUT2D eigenvalue weighted by molar-refractivity contribution is 0.0855. The van der Waals surface area contributed by atoms with Gasteiger partial charge in [-0.1, -0.05) is 12.2 Å². The van der Waals surface area contributed by atoms with Gasteiger partial charge >= 0.3 is 0 Å². The van der Waals surface area contributed by atoms with E-state index >= 15 is 0 Å². The Morgan fingerprint density at radius 2 is 1.50 bits per heavy atom. The molecule has 0 unspecified atom stereocenters. The molecule has 3 heteroatoms. The van der Waals surface area contributed by atoms with Gasteiger partial charge in [-0.3, -0.25) is 0 Å². The van der Waals surface area contributed by atoms with Gasteiger partial charge in [-0.2, -0.15) is 0 Å². The van der Waals surface area contributed by atoms with Crippen molar-refractivity contribution in [3.05, 3.63) is 12.2 Å². The number of allylic oxidation sites excluding steroid dienone is 2. The molecular formula is C13H23NOS. The monoisotopic (exact) mass is 241 g/mol. The number of nitrogens with one attached hydrogen (secondary N) is 1. The maximum atomic E-state index is 9.74. The van der Waals surface area contributed by atoms with Gasteiger partial charge < -0.3 is 10.4 Å². The molecule has 1 saturated carbocycles. The van der Waals surface area contributed by atoms with Crippen LogP contribution in [0, 0.1) is 11.8 Å². The number of hydrogen-bond donors (Lipinski definition) is 3. The maximum Gasteiger partial charge on any atom is 0.107 e. The SMILES string of the molecule is OC1(S)CCC(/C=C/C2CCNCC2)CC1. The summed E-state index contributed by atoms with van der Waals surface area (Å²) in [7, 11) is 0. The standard InChI is InChI=1S/C13H23NOS/c15-13(16)7-3-11(4-8-13)1-2-12-5-9-14-10-6-12/h1-2,11-12,14-16H,3-10H2/b2-1+. The first kappa shape index (κ1) is 12.5. The van der Waals surface area contributed by atoms with E-state index < -0.39 is 4.93 Å². The number of aliphatic hydroxyl groups is 1. The van der Waals surface area contributed by atoms with Gasteiger partial charge in [0, 0.05) is 0 Å². The number of thiol groups is 1. The zero-order valence-electron chi connectivity index (χ0n) is 9.86. The highest BCUT2D eigenvalue weighted by Crippen LogP contribution is 2.35. The molecule has 1 aliphatic carbocycles. The fraction of sp³-hybridized carbons (Fsp3) is 0.846. The molecule has 2 N–H and O–H groups in total. The summed E-state index contributed by atoms with van der Waals surface area (Å²) < 4.78 is 0. The molecule has 2 aliphatic rings. The van der Waals surface area contributed by atoms with Crippen LogP contribution in [0.2, 0.25) is 0 Å². The van der Waals surface area contributed by atoms with Crippen LogP contribution in [0.5, 0.6) is 0 Å². The third-order valence-corrected chi connectivity index (χ3v) is 4.32. The topological polar surface area (TPSA) is 32.3 Å². The molecule has 1 heterocycles. The second-order valence-corrected chi connectivity index (χ2v) is 6.12. The van der Waals surface area contributed by atoms with Crippen LogP contribution in [0.15, 0.2) is 12.2 Å². The molecule has 2 rings (SSSR count). The Morgan fingerprint density at radius 1 is 1.00 bits per heavy atom. The highest BCUT2D eigenvalue weighted by molar-refractivity contribution is 7.81. The molecule has 2 nitrogen and oxygen atoms in total. The van der Waals surface area contributed by atoms with Crippen molar-refractivity contribution in [2.75, 3.05) is 13.1 Å². The summed E-state index contributed by atoms with van der Waals surface area (Å²) in [6, 6.07) is 0. The number of hydrogen-bond acceptors (Lipinski definition) is 3. The Bertz CT molecular complexity index is 236. The highest BCUT2D eigenvalue weighted by atomic mass is 32.1. The molecule has 0 atom stereocenters. The van der Waals surface area contributed by atoms with Gasteiger partial charge in [0.15, 0.2) is 0 Å². The van der Waals surface area contributed by atoms with Crippen molar-refractivity contribution < 1.29 is 5.11 Å². The van der Waals surface area contributed by atoms with Crippen molar-refractivity contribution in [2.24, 2.45) is 11.8 Å². The van der Waals surface area contributed by atoms with Gasteiger partial charge in [-0.15, -0.1) is 12.6 Å². The van der Waals surface area contributed by atoms with Crippen LogP contribution in [0.4, 0.5) is 0 Å². The normalized spacial score (nSPS) is 38.0. The second-order valence-electron chi connectivity index (χ2n) is 5.29. The summed E-state index contributed by atoms with van der Waals surface area (Å²) in [4.78, 5) is -0.695. The Kier molecular flexibility index (Phi) is 4.34. The molecule has 0 spiro atoms. The van der Waals surface area contributed by atoms with Crippen molar-refractivity contribution in [1.29, 1.82) is 0 Å². The van der Waals surface area contributed by atoms with Gasteiger partial charge in [0.25, 0.3) is 0 Å². The Balaban J connectivity index is 1.75. The summed E-state index contributed by atoms with van der Waals surface area (Å²) in [5, 5.41) is 13.1. The predicted octanol–water partition coefficient (Wildman–Crippen LogP) is 2.35. The molecule has 0 radical (unpaired) electrons. The second kappa shape index (κ2) is 5.56. The average molecular weight is 241 g/mol. The number of piperidine rings is 1. The first-order valence-electron chi connectivity index (χ1n) is 6.49. The van der Waals surface area contributed by atoms with E-state index in [2.05, 4.69) is 30.1 Å². The van der Waals surface area contributed by atoms with Crippen LogP contribution in [-0.4, -0.2) is 23.1 Å². The minimum atomic E-state index is -0.695. The first-order chi connectivity index (χ1) is 7.66. The summed E-state index contributed by atoms with van der Waals surface area (Å²) in [5.74, 6) is 1.44. The molecule has 0 aromatic carbocycles. The molecule has 1 saturated heterocycles. The smallest absolute Gasteiger partial charge is 0.107 e. The van der Waals surface area contributed by atoms with Crippen molar-refractivity contribution in [3.63, 3.8) is 0 Å². The van der Waals surface area contributed by atoms with E-state index in [4.69, 9.17) is 0 Å². The van der Waals surface area contributed by atoms with Crippen LogP contribution in [-0.2, 0) is 0 Å². The van der Waals surface area contributed by atoms with Gasteiger partial charge in [0.05, 0.1) is 0 Å². The molecule has 0 amide bonds. The van der Waals surface area contributed by atoms with E-state index in [-0.39, 0.29) is 0 Å². The van der Waals surface area contributed by atoms with E-state index in [1.165, 1.54) is 12.8 Å². The van der Waals surface area contributed by atoms with Crippen molar-refractivity contribution in [2.45, 2.75) is 43.5 Å².